The lowest BCUT2D eigenvalue weighted by molar-refractivity contribution is -0.245. The summed E-state index contributed by atoms with van der Waals surface area (Å²) >= 11 is 1.90. The van der Waals surface area contributed by atoms with Crippen molar-refractivity contribution in [2.45, 2.75) is 207 Å². The van der Waals surface area contributed by atoms with E-state index in [1.807, 2.05) is 22.4 Å². The Morgan fingerprint density at radius 1 is 0.468 bits per heavy atom. The number of nitrogens with one attached hydrogen (secondary N) is 13. The third-order valence-corrected chi connectivity index (χ3v) is 15.8. The second-order valence-corrected chi connectivity index (χ2v) is 23.6. The Morgan fingerprint density at radius 2 is 0.777 bits per heavy atom. The van der Waals surface area contributed by atoms with Gasteiger partial charge in [-0.15, -0.1) is 22.4 Å². The summed E-state index contributed by atoms with van der Waals surface area (Å²) in [6.07, 6.45) is -15.9. The van der Waals surface area contributed by atoms with Crippen LogP contribution in [0.25, 0.3) is 0 Å². The molecule has 43 heteroatoms. The molecule has 0 unspecified atom stereocenters. The molecular weight excluding hydrogens is 1360 g/mol. The molecule has 94 heavy (non-hydrogen) atoms. The van der Waals surface area contributed by atoms with Crippen LogP contribution >= 0.6 is 22.4 Å². The van der Waals surface area contributed by atoms with Crippen molar-refractivity contribution in [3.05, 3.63) is 0 Å². The van der Waals surface area contributed by atoms with Crippen molar-refractivity contribution in [2.24, 2.45) is 0 Å². The van der Waals surface area contributed by atoms with E-state index in [9.17, 15) is 93.9 Å². The van der Waals surface area contributed by atoms with Crippen LogP contribution in [0.4, 0.5) is 0 Å². The number of aliphatic hydroxyl groups excluding tert-OH is 9. The van der Waals surface area contributed by atoms with Gasteiger partial charge < -0.3 is 143 Å². The molecule has 10 amide bonds. The van der Waals surface area contributed by atoms with Crippen LogP contribution in [-0.2, 0) is 76.1 Å². The van der Waals surface area contributed by atoms with Crippen LogP contribution in [0, 0.1) is 0 Å². The molecule has 4 aliphatic heterocycles. The van der Waals surface area contributed by atoms with Crippen molar-refractivity contribution in [3.8, 4) is 0 Å². The predicted octanol–water partition coefficient (Wildman–Crippen LogP) is -13.3. The number of unbranched alkanes of at least 4 members (excludes halogenated alkanes) is 3. The van der Waals surface area contributed by atoms with Gasteiger partial charge in [0, 0.05) is 27.2 Å². The summed E-state index contributed by atoms with van der Waals surface area (Å²) in [7, 11) is -0.653. The van der Waals surface area contributed by atoms with E-state index in [4.69, 9.17) is 28.2 Å². The van der Waals surface area contributed by atoms with Crippen LogP contribution in [0.15, 0.2) is 0 Å². The Bertz CT molecular complexity index is 2380. The number of hydrogen-bond donors (Lipinski definition) is 22. The zero-order valence-electron chi connectivity index (χ0n) is 52.7. The maximum atomic E-state index is 14.4. The third kappa shape index (κ3) is 27.5. The van der Waals surface area contributed by atoms with Crippen molar-refractivity contribution in [1.29, 1.82) is 0 Å². The fraction of sp³-hybridized carbons (Fsp3) is 0.804. The summed E-state index contributed by atoms with van der Waals surface area (Å²) in [5.41, 5.74) is 0. The van der Waals surface area contributed by atoms with Crippen LogP contribution in [-0.4, -0.2) is 302 Å². The molecule has 530 valence electrons. The van der Waals surface area contributed by atoms with Gasteiger partial charge in [0.2, 0.25) is 59.1 Å². The molecule has 0 aromatic heterocycles. The van der Waals surface area contributed by atoms with Crippen molar-refractivity contribution >= 4 is 110 Å². The molecule has 4 aliphatic rings. The summed E-state index contributed by atoms with van der Waals surface area (Å²) in [6, 6.07) is -9.17. The Morgan fingerprint density at radius 3 is 1.09 bits per heavy atom. The maximum Gasteiger partial charge on any atom is 0.363 e. The number of hydrogen-bond acceptors (Lipinski definition) is 28. The van der Waals surface area contributed by atoms with Gasteiger partial charge in [-0.3, -0.25) is 47.9 Å². The highest BCUT2D eigenvalue weighted by atomic mass is 127. The Balaban J connectivity index is 1.50. The molecule has 0 aliphatic carbocycles. The molecule has 0 aromatic carbocycles. The van der Waals surface area contributed by atoms with E-state index in [1.54, 1.807) is 0 Å². The first-order valence-electron chi connectivity index (χ1n) is 31.1. The van der Waals surface area contributed by atoms with E-state index in [0.29, 0.717) is 19.3 Å². The monoisotopic (exact) mass is 1460 g/mol. The van der Waals surface area contributed by atoms with Gasteiger partial charge >= 0.3 is 28.1 Å². The maximum absolute atomic E-state index is 14.4. The van der Waals surface area contributed by atoms with Gasteiger partial charge in [0.25, 0.3) is 0 Å². The van der Waals surface area contributed by atoms with E-state index in [1.165, 1.54) is 20.8 Å². The first-order chi connectivity index (χ1) is 44.8. The lowest BCUT2D eigenvalue weighted by Crippen LogP contribution is -2.65. The SMILES string of the molecule is CC(=O)N[C@H]1[C@H](OBNCCCC[C@H]2NC(=O)CNC(=O)[C@@H](CCCCNBO[C@@H]3O[C@H](CO)[C@H](O)[C@H](O)[C@H]3NC(C)=O)NC(=O)[C@@H](CCC(=O)NBI)NC(=O)[C@@H](CCCCNBO[C@@H]3O[C@H](CO)[C@H](O)[C@H](O)[C@H]3NC(C)=O)NC(=O)CNC2=O)O[C@H](CO)[C@H](O)[C@@H]1O. The lowest BCUT2D eigenvalue weighted by atomic mass is 9.96. The van der Waals surface area contributed by atoms with Crippen LogP contribution in [0.3, 0.4) is 0 Å². The fourth-order valence-corrected chi connectivity index (χ4v) is 10.8. The quantitative estimate of drug-likeness (QED) is 0.0162. The number of halogens is 1. The molecule has 4 saturated heterocycles. The van der Waals surface area contributed by atoms with Crippen LogP contribution in [0.2, 0.25) is 0 Å². The van der Waals surface area contributed by atoms with E-state index in [-0.39, 0.29) is 99.1 Å². The van der Waals surface area contributed by atoms with Gasteiger partial charge in [0.1, 0.15) is 97.2 Å². The molecular formula is C51H92B4IN13O25. The predicted molar refractivity (Wildman–Crippen MR) is 339 cm³/mol. The number of aliphatic hydroxyl groups is 9. The van der Waals surface area contributed by atoms with Crippen LogP contribution in [0.5, 0.6) is 0 Å². The first kappa shape index (κ1) is 81.4. The van der Waals surface area contributed by atoms with Crippen molar-refractivity contribution < 1.29 is 122 Å². The van der Waals surface area contributed by atoms with Crippen molar-refractivity contribution in [2.75, 3.05) is 52.5 Å². The Labute approximate surface area is 558 Å². The summed E-state index contributed by atoms with van der Waals surface area (Å²) in [4.78, 5) is 132. The molecule has 0 spiro atoms. The molecule has 19 atom stereocenters. The summed E-state index contributed by atoms with van der Waals surface area (Å²) in [6.45, 7) is 0.807. The molecule has 38 nitrogen and oxygen atoms in total. The van der Waals surface area contributed by atoms with Gasteiger partial charge in [0.05, 0.1) is 32.9 Å². The zero-order valence-corrected chi connectivity index (χ0v) is 54.8. The van der Waals surface area contributed by atoms with Crippen molar-refractivity contribution in [1.82, 2.24) is 68.8 Å². The van der Waals surface area contributed by atoms with E-state index >= 15 is 0 Å². The number of carbonyl (C=O) groups is 10. The first-order valence-corrected chi connectivity index (χ1v) is 32.6. The molecule has 4 rings (SSSR count). The van der Waals surface area contributed by atoms with Crippen molar-refractivity contribution in [3.63, 3.8) is 0 Å². The molecule has 0 bridgehead atoms. The highest BCUT2D eigenvalue weighted by Crippen LogP contribution is 2.25. The minimum atomic E-state index is -1.55. The molecule has 0 saturated carbocycles. The number of ether oxygens (including phenoxy) is 3. The number of amides is 10. The summed E-state index contributed by atoms with van der Waals surface area (Å²) in [5.74, 6) is -7.32. The van der Waals surface area contributed by atoms with Gasteiger partial charge in [-0.05, 0) is 83.8 Å². The average Bonchev–Trinajstić information content (AvgIpc) is 0.843. The Kier molecular flexibility index (Phi) is 37.5. The topological polar surface area (TPSA) is 565 Å². The normalized spacial score (nSPS) is 31.4. The Hall–Kier alpha value is -5.03. The fourth-order valence-electron chi connectivity index (χ4n) is 10.4. The largest absolute Gasteiger partial charge is 0.398 e. The minimum Gasteiger partial charge on any atom is -0.398 e. The van der Waals surface area contributed by atoms with E-state index < -0.39 is 208 Å². The third-order valence-electron chi connectivity index (χ3n) is 15.4. The van der Waals surface area contributed by atoms with Crippen LogP contribution in [0.1, 0.15) is 91.4 Å². The second kappa shape index (κ2) is 43.3. The van der Waals surface area contributed by atoms with E-state index in [0.717, 1.165) is 0 Å². The van der Waals surface area contributed by atoms with Gasteiger partial charge in [-0.1, -0.05) is 0 Å². The van der Waals surface area contributed by atoms with E-state index in [2.05, 4.69) is 68.8 Å². The van der Waals surface area contributed by atoms with Gasteiger partial charge in [0.15, 0.2) is 18.9 Å². The molecule has 4 fully saturated rings. The molecule has 4 heterocycles. The average molecular weight is 1460 g/mol. The summed E-state index contributed by atoms with van der Waals surface area (Å²) < 4.78 is 33.8. The standard InChI is InChI=1S/C51H92B4IN13O25/c1-23(73)62-36-42(82)39(79)30(20-70)89-49(36)92-53-59-15-7-4-10-26-45(85)57-19-35(78)66-28(12-6-9-17-61-55-94-51-38(64-25(3)75)44(84)41(81)32(22-72)91-51)47(87)68-29(13-14-33(76)69-52-56)48(88)67-27(46(86)58-18-34(77)65-26)11-5-8-16-60-54-93-50-37(63-24(2)74)43(83)40(80)31(21-71)90-50/h26-32,36-44,49-55,59-61,70-72,79-84H,4-22H2,1-3H3,(H,57,85)(H,58,86)(H,62,73)(H,63,74)(H,64,75)(H,65,77)(H,66,78)(H,67,88)(H,68,87)(H,69,76)/t26-,27-,28-,29-,30-,31-,32-,36-,37-,38-,39+,40+,41+,42-,43-,44-,49+,50+,51+/m1/s1. The van der Waals surface area contributed by atoms with Gasteiger partial charge in [-0.2, -0.15) is 0 Å². The molecule has 22 N–H and O–H groups in total. The number of carbonyl (C=O) groups excluding carboxylic acids is 10. The highest BCUT2D eigenvalue weighted by Gasteiger charge is 2.48. The smallest absolute Gasteiger partial charge is 0.363 e. The minimum absolute atomic E-state index is 0.0248. The molecule has 0 radical (unpaired) electrons. The summed E-state index contributed by atoms with van der Waals surface area (Å²) in [5, 5.41) is 126. The van der Waals surface area contributed by atoms with Crippen LogP contribution < -0.4 is 68.8 Å². The highest BCUT2D eigenvalue weighted by molar-refractivity contribution is 14.1. The number of rotatable bonds is 34. The zero-order chi connectivity index (χ0) is 69.4. The second-order valence-electron chi connectivity index (χ2n) is 22.8. The molecule has 0 aromatic rings. The lowest BCUT2D eigenvalue weighted by Gasteiger charge is -2.42. The van der Waals surface area contributed by atoms with Gasteiger partial charge in [-0.25, -0.2) is 0 Å².